The molecular formula is C16H23Cl2NSiZr. The van der Waals surface area contributed by atoms with E-state index in [0.717, 1.165) is 12.8 Å². The number of hydrogen-bond acceptors (Lipinski definition) is 1. The number of nitrogens with zero attached hydrogens (tertiary/aromatic N) is 1. The maximum Gasteiger partial charge on any atom is 4.00 e. The number of allylic oxidation sites excluding steroid dienone is 8. The van der Waals surface area contributed by atoms with E-state index in [-0.39, 0.29) is 51.0 Å². The average molecular weight is 420 g/mol. The summed E-state index contributed by atoms with van der Waals surface area (Å²) < 4.78 is 2.71. The van der Waals surface area contributed by atoms with Gasteiger partial charge in [-0.3, -0.25) is 12.2 Å². The first-order valence-corrected chi connectivity index (χ1v) is 9.90. The molecule has 0 aromatic carbocycles. The SMILES string of the molecule is C[Si](C)(C1=[C-]CC=C1)N1CCCC1.[C-]1=CC=CC1.[Cl-].[Cl-].[Zr+4]. The van der Waals surface area contributed by atoms with Gasteiger partial charge in [0, 0.05) is 0 Å². The fourth-order valence-corrected chi connectivity index (χ4v) is 5.45. The van der Waals surface area contributed by atoms with Crippen LogP contribution >= 0.6 is 0 Å². The Hall–Kier alpha value is 0.600. The number of hydrogen-bond donors (Lipinski definition) is 0. The van der Waals surface area contributed by atoms with Crippen molar-refractivity contribution in [3.63, 3.8) is 0 Å². The molecular weight excluding hydrogens is 396 g/mol. The molecule has 0 unspecified atom stereocenters. The molecule has 2 aliphatic carbocycles. The minimum absolute atomic E-state index is 0. The van der Waals surface area contributed by atoms with E-state index < -0.39 is 8.24 Å². The summed E-state index contributed by atoms with van der Waals surface area (Å²) in [6.45, 7) is 7.54. The van der Waals surface area contributed by atoms with Crippen molar-refractivity contribution in [2.24, 2.45) is 0 Å². The molecule has 1 aliphatic heterocycles. The van der Waals surface area contributed by atoms with Gasteiger partial charge in [-0.05, 0) is 25.9 Å². The first-order valence-electron chi connectivity index (χ1n) is 6.96. The van der Waals surface area contributed by atoms with Crippen LogP contribution in [0.25, 0.3) is 0 Å². The molecule has 0 spiro atoms. The van der Waals surface area contributed by atoms with Crippen LogP contribution in [0.15, 0.2) is 35.6 Å². The summed E-state index contributed by atoms with van der Waals surface area (Å²) in [7, 11) is -1.29. The zero-order valence-corrected chi connectivity index (χ0v) is 17.8. The Balaban J connectivity index is 0. The van der Waals surface area contributed by atoms with Crippen LogP contribution < -0.4 is 24.8 Å². The van der Waals surface area contributed by atoms with Gasteiger partial charge in [-0.2, -0.15) is 12.2 Å². The van der Waals surface area contributed by atoms with Crippen LogP contribution in [0.3, 0.4) is 0 Å². The van der Waals surface area contributed by atoms with Gasteiger partial charge in [0.1, 0.15) is 8.24 Å². The second-order valence-corrected chi connectivity index (χ2v) is 9.74. The van der Waals surface area contributed by atoms with E-state index >= 15 is 0 Å². The summed E-state index contributed by atoms with van der Waals surface area (Å²) in [5, 5.41) is 1.52. The van der Waals surface area contributed by atoms with Crippen molar-refractivity contribution in [2.45, 2.75) is 38.8 Å². The molecule has 0 radical (unpaired) electrons. The third kappa shape index (κ3) is 7.14. The van der Waals surface area contributed by atoms with Crippen LogP contribution in [0, 0.1) is 12.2 Å². The van der Waals surface area contributed by atoms with Crippen LogP contribution in [-0.2, 0) is 26.2 Å². The molecule has 3 rings (SSSR count). The normalized spacial score (nSPS) is 19.0. The minimum Gasteiger partial charge on any atom is -1.00 e. The van der Waals surface area contributed by atoms with Crippen LogP contribution in [0.2, 0.25) is 13.1 Å². The first kappa shape index (κ1) is 23.9. The molecule has 3 aliphatic rings. The summed E-state index contributed by atoms with van der Waals surface area (Å²) in [4.78, 5) is 0. The predicted octanol–water partition coefficient (Wildman–Crippen LogP) is -2.17. The summed E-state index contributed by atoms with van der Waals surface area (Å²) in [5.74, 6) is 0. The summed E-state index contributed by atoms with van der Waals surface area (Å²) in [6.07, 6.45) is 21.9. The average Bonchev–Trinajstić information content (AvgIpc) is 3.14. The Kier molecular flexibility index (Phi) is 13.7. The molecule has 0 atom stereocenters. The summed E-state index contributed by atoms with van der Waals surface area (Å²) in [6, 6.07) is 0. The molecule has 114 valence electrons. The molecule has 0 amide bonds. The van der Waals surface area contributed by atoms with Crippen LogP contribution in [0.4, 0.5) is 0 Å². The molecule has 1 saturated heterocycles. The van der Waals surface area contributed by atoms with Gasteiger partial charge in [-0.25, -0.2) is 23.4 Å². The Labute approximate surface area is 162 Å². The Bertz CT molecular complexity index is 387. The van der Waals surface area contributed by atoms with Gasteiger partial charge >= 0.3 is 26.2 Å². The van der Waals surface area contributed by atoms with Crippen molar-refractivity contribution in [3.05, 3.63) is 47.7 Å². The molecule has 1 heterocycles. The molecule has 0 saturated carbocycles. The monoisotopic (exact) mass is 417 g/mol. The van der Waals surface area contributed by atoms with Crippen LogP contribution in [0.5, 0.6) is 0 Å². The predicted molar refractivity (Wildman–Crippen MR) is 80.4 cm³/mol. The smallest absolute Gasteiger partial charge is 1.00 e. The van der Waals surface area contributed by atoms with Gasteiger partial charge in [0.15, 0.2) is 0 Å². The van der Waals surface area contributed by atoms with Gasteiger partial charge in [0.25, 0.3) is 0 Å². The Morgan fingerprint density at radius 1 is 1.05 bits per heavy atom. The molecule has 21 heavy (non-hydrogen) atoms. The third-order valence-electron chi connectivity index (χ3n) is 3.84. The standard InChI is InChI=1S/C11H18NSi.C5H5.2ClH.Zr/c1-13(2,11-7-3-4-8-11)12-9-5-6-10-12;1-2-4-5-3-1;;;/h3,7H,4-6,9-10H2,1-2H3;1-3H,4H2;2*1H;/q2*-1;;;+4/p-2. The third-order valence-corrected chi connectivity index (χ3v) is 7.53. The molecule has 0 bridgehead atoms. The maximum absolute atomic E-state index is 3.50. The molecule has 1 nitrogen and oxygen atoms in total. The van der Waals surface area contributed by atoms with E-state index in [1.54, 1.807) is 0 Å². The Morgan fingerprint density at radius 2 is 1.71 bits per heavy atom. The Morgan fingerprint density at radius 3 is 2.10 bits per heavy atom. The van der Waals surface area contributed by atoms with Crippen molar-refractivity contribution >= 4 is 8.24 Å². The van der Waals surface area contributed by atoms with E-state index in [1.807, 2.05) is 12.2 Å². The largest absolute Gasteiger partial charge is 4.00 e. The molecule has 0 aromatic heterocycles. The molecule has 0 N–H and O–H groups in total. The van der Waals surface area contributed by atoms with E-state index in [0.29, 0.717) is 0 Å². The van der Waals surface area contributed by atoms with Gasteiger partial charge in [0.05, 0.1) is 0 Å². The zero-order chi connectivity index (χ0) is 12.8. The van der Waals surface area contributed by atoms with E-state index in [2.05, 4.69) is 48.0 Å². The minimum atomic E-state index is -1.29. The van der Waals surface area contributed by atoms with E-state index in [1.165, 1.54) is 31.1 Å². The van der Waals surface area contributed by atoms with Crippen molar-refractivity contribution in [1.29, 1.82) is 0 Å². The van der Waals surface area contributed by atoms with Gasteiger partial charge in [-0.15, -0.1) is 12.8 Å². The van der Waals surface area contributed by atoms with E-state index in [4.69, 9.17) is 0 Å². The summed E-state index contributed by atoms with van der Waals surface area (Å²) in [5.41, 5.74) is 0. The number of rotatable bonds is 2. The topological polar surface area (TPSA) is 3.24 Å². The van der Waals surface area contributed by atoms with Crippen molar-refractivity contribution in [1.82, 2.24) is 4.57 Å². The van der Waals surface area contributed by atoms with Gasteiger partial charge < -0.3 is 29.4 Å². The fraction of sp³-hybridized carbons (Fsp3) is 0.500. The molecule has 0 aromatic rings. The summed E-state index contributed by atoms with van der Waals surface area (Å²) >= 11 is 0. The second kappa shape index (κ2) is 12.1. The van der Waals surface area contributed by atoms with Crippen molar-refractivity contribution in [2.75, 3.05) is 13.1 Å². The number of halogens is 2. The molecule has 5 heteroatoms. The fourth-order valence-electron chi connectivity index (χ4n) is 2.61. The zero-order valence-electron chi connectivity index (χ0n) is 12.8. The quantitative estimate of drug-likeness (QED) is 0.364. The van der Waals surface area contributed by atoms with Crippen molar-refractivity contribution in [3.8, 4) is 0 Å². The maximum atomic E-state index is 3.50. The second-order valence-electron chi connectivity index (χ2n) is 5.45. The van der Waals surface area contributed by atoms with Gasteiger partial charge in [-0.1, -0.05) is 13.1 Å². The van der Waals surface area contributed by atoms with Crippen LogP contribution in [-0.4, -0.2) is 25.9 Å². The van der Waals surface area contributed by atoms with Crippen molar-refractivity contribution < 1.29 is 51.0 Å². The van der Waals surface area contributed by atoms with Crippen LogP contribution in [0.1, 0.15) is 25.7 Å². The first-order chi connectivity index (χ1) is 8.71. The van der Waals surface area contributed by atoms with Gasteiger partial charge in [0.2, 0.25) is 0 Å². The van der Waals surface area contributed by atoms with E-state index in [9.17, 15) is 0 Å². The molecule has 1 fully saturated rings.